The minimum absolute atomic E-state index is 0.00193. The monoisotopic (exact) mass is 363 g/mol. The number of rotatable bonds is 4. The number of hydrogen-bond acceptors (Lipinski definition) is 6. The van der Waals surface area contributed by atoms with E-state index in [4.69, 9.17) is 9.84 Å². The second-order valence-corrected chi connectivity index (χ2v) is 6.13. The number of aromatic nitrogens is 2. The minimum Gasteiger partial charge on any atom is -0.394 e. The van der Waals surface area contributed by atoms with Crippen LogP contribution in [0.4, 0.5) is 10.2 Å². The summed E-state index contributed by atoms with van der Waals surface area (Å²) in [6.45, 7) is 0.486. The summed E-state index contributed by atoms with van der Waals surface area (Å²) in [5.74, 6) is -0.448. The van der Waals surface area contributed by atoms with Crippen molar-refractivity contribution in [1.82, 2.24) is 9.55 Å². The Balaban J connectivity index is 1.82. The minimum atomic E-state index is -2.30. The molecule has 4 atom stereocenters. The van der Waals surface area contributed by atoms with E-state index in [9.17, 15) is 19.1 Å². The van der Waals surface area contributed by atoms with Crippen molar-refractivity contribution in [3.63, 3.8) is 0 Å². The Morgan fingerprint density at radius 3 is 2.65 bits per heavy atom. The summed E-state index contributed by atoms with van der Waals surface area (Å²) in [5, 5.41) is 21.5. The maximum absolute atomic E-state index is 14.8. The molecule has 3 rings (SSSR count). The molecule has 1 saturated heterocycles. The van der Waals surface area contributed by atoms with Crippen molar-refractivity contribution in [3.05, 3.63) is 58.6 Å². The van der Waals surface area contributed by atoms with Crippen molar-refractivity contribution in [2.24, 2.45) is 0 Å². The second-order valence-electron chi connectivity index (χ2n) is 6.13. The zero-order valence-electron chi connectivity index (χ0n) is 13.9. The molecule has 8 nitrogen and oxygen atoms in total. The van der Waals surface area contributed by atoms with E-state index in [1.165, 1.54) is 12.3 Å². The second kappa shape index (κ2) is 6.94. The lowest BCUT2D eigenvalue weighted by molar-refractivity contribution is -0.0610. The van der Waals surface area contributed by atoms with Crippen LogP contribution in [0.3, 0.4) is 0 Å². The molecule has 26 heavy (non-hydrogen) atoms. The highest BCUT2D eigenvalue weighted by Crippen LogP contribution is 2.40. The van der Waals surface area contributed by atoms with Gasteiger partial charge >= 0.3 is 5.69 Å². The number of anilines is 1. The van der Waals surface area contributed by atoms with Crippen LogP contribution in [0.2, 0.25) is 0 Å². The molecule has 1 aliphatic heterocycles. The number of ether oxygens (including phenoxy) is 1. The Morgan fingerprint density at radius 1 is 1.38 bits per heavy atom. The molecule has 1 aromatic heterocycles. The molecule has 0 bridgehead atoms. The van der Waals surface area contributed by atoms with E-state index in [-0.39, 0.29) is 5.82 Å². The number of halogens is 1. The first kappa shape index (κ1) is 18.2. The van der Waals surface area contributed by atoms with Crippen LogP contribution in [0.25, 0.3) is 0 Å². The largest absolute Gasteiger partial charge is 0.394 e. The number of nitrogens with zero attached hydrogens (tertiary/aromatic N) is 2. The molecule has 0 spiro atoms. The summed E-state index contributed by atoms with van der Waals surface area (Å²) < 4.78 is 20.9. The zero-order valence-corrected chi connectivity index (χ0v) is 13.9. The molecular formula is C17H18FN3O5. The van der Waals surface area contributed by atoms with Crippen LogP contribution < -0.4 is 11.0 Å². The van der Waals surface area contributed by atoms with Crippen molar-refractivity contribution in [1.29, 1.82) is 0 Å². The van der Waals surface area contributed by atoms with E-state index < -0.39 is 42.3 Å². The summed E-state index contributed by atoms with van der Waals surface area (Å²) in [6, 6.07) is 9.69. The molecule has 0 aliphatic carbocycles. The van der Waals surface area contributed by atoms with E-state index in [1.807, 2.05) is 0 Å². The Labute approximate surface area is 147 Å². The molecule has 1 amide bonds. The molecule has 2 heterocycles. The van der Waals surface area contributed by atoms with Gasteiger partial charge in [-0.1, -0.05) is 18.2 Å². The Morgan fingerprint density at radius 2 is 2.08 bits per heavy atom. The third kappa shape index (κ3) is 3.24. The van der Waals surface area contributed by atoms with Gasteiger partial charge in [0.15, 0.2) is 11.9 Å². The first-order valence-electron chi connectivity index (χ1n) is 7.93. The highest BCUT2D eigenvalue weighted by atomic mass is 19.1. The normalized spacial score (nSPS) is 28.1. The molecule has 138 valence electrons. The van der Waals surface area contributed by atoms with Crippen LogP contribution >= 0.6 is 0 Å². The summed E-state index contributed by atoms with van der Waals surface area (Å²) in [4.78, 5) is 28.0. The summed E-state index contributed by atoms with van der Waals surface area (Å²) >= 11 is 0. The zero-order chi connectivity index (χ0) is 18.9. The molecule has 2 aromatic rings. The number of nitrogens with one attached hydrogen (secondary N) is 1. The van der Waals surface area contributed by atoms with Gasteiger partial charge in [0.05, 0.1) is 6.61 Å². The van der Waals surface area contributed by atoms with Gasteiger partial charge in [0.25, 0.3) is 5.91 Å². The van der Waals surface area contributed by atoms with Crippen LogP contribution in [-0.4, -0.2) is 50.2 Å². The van der Waals surface area contributed by atoms with Gasteiger partial charge in [0.2, 0.25) is 0 Å². The first-order chi connectivity index (χ1) is 12.3. The average Bonchev–Trinajstić information content (AvgIpc) is 2.85. The summed E-state index contributed by atoms with van der Waals surface area (Å²) in [7, 11) is 0. The standard InChI is InChI=1S/C17H18FN3O5/c1-17(18)13(23)11(9-22)26-15(17)21-8-7-12(20-16(21)25)19-14(24)10-5-3-2-4-6-10/h2-8,11,13,15,22-23H,9H2,1H3,(H,19,20,24,25)/t11-,13?,15?,17-/m1/s1. The average molecular weight is 363 g/mol. The number of amides is 1. The van der Waals surface area contributed by atoms with Gasteiger partial charge in [-0.2, -0.15) is 4.98 Å². The van der Waals surface area contributed by atoms with Gasteiger partial charge in [-0.15, -0.1) is 0 Å². The van der Waals surface area contributed by atoms with Crippen LogP contribution in [0, 0.1) is 0 Å². The van der Waals surface area contributed by atoms with Crippen LogP contribution in [0.15, 0.2) is 47.4 Å². The number of carbonyl (C=O) groups excluding carboxylic acids is 1. The van der Waals surface area contributed by atoms with Crippen LogP contribution in [-0.2, 0) is 4.74 Å². The maximum atomic E-state index is 14.8. The lowest BCUT2D eigenvalue weighted by atomic mass is 9.98. The predicted octanol–water partition coefficient (Wildman–Crippen LogP) is 0.474. The molecule has 3 N–H and O–H groups in total. The fraction of sp³-hybridized carbons (Fsp3) is 0.353. The topological polar surface area (TPSA) is 114 Å². The van der Waals surface area contributed by atoms with Gasteiger partial charge in [0.1, 0.15) is 18.0 Å². The molecule has 0 saturated carbocycles. The molecule has 2 unspecified atom stereocenters. The van der Waals surface area contributed by atoms with Gasteiger partial charge in [-0.3, -0.25) is 9.36 Å². The summed E-state index contributed by atoms with van der Waals surface area (Å²) in [5.41, 5.74) is -2.77. The number of aliphatic hydroxyl groups excluding tert-OH is 2. The SMILES string of the molecule is C[C@@]1(F)C(O)[C@@H](CO)OC1n1ccc(NC(=O)c2ccccc2)nc1=O. The Hall–Kier alpha value is -2.62. The third-order valence-electron chi connectivity index (χ3n) is 4.26. The summed E-state index contributed by atoms with van der Waals surface area (Å²) in [6.07, 6.45) is -2.99. The van der Waals surface area contributed by atoms with E-state index in [0.717, 1.165) is 11.5 Å². The van der Waals surface area contributed by atoms with Crippen molar-refractivity contribution >= 4 is 11.7 Å². The van der Waals surface area contributed by atoms with E-state index in [2.05, 4.69) is 10.3 Å². The van der Waals surface area contributed by atoms with Gasteiger partial charge in [-0.25, -0.2) is 9.18 Å². The van der Waals surface area contributed by atoms with Crippen molar-refractivity contribution < 1.29 is 24.1 Å². The number of alkyl halides is 1. The number of hydrogen-bond donors (Lipinski definition) is 3. The quantitative estimate of drug-likeness (QED) is 0.728. The van der Waals surface area contributed by atoms with Gasteiger partial charge in [-0.05, 0) is 25.1 Å². The lowest BCUT2D eigenvalue weighted by Crippen LogP contribution is -2.42. The predicted molar refractivity (Wildman–Crippen MR) is 89.4 cm³/mol. The molecule has 9 heteroatoms. The number of benzene rings is 1. The van der Waals surface area contributed by atoms with Crippen molar-refractivity contribution in [3.8, 4) is 0 Å². The number of carbonyl (C=O) groups is 1. The Bertz CT molecular complexity index is 855. The van der Waals surface area contributed by atoms with E-state index in [1.54, 1.807) is 30.3 Å². The molecule has 1 aliphatic rings. The van der Waals surface area contributed by atoms with Crippen molar-refractivity contribution in [2.45, 2.75) is 31.0 Å². The first-order valence-corrected chi connectivity index (χ1v) is 7.93. The third-order valence-corrected chi connectivity index (χ3v) is 4.26. The maximum Gasteiger partial charge on any atom is 0.351 e. The number of aliphatic hydroxyl groups is 2. The van der Waals surface area contributed by atoms with Crippen LogP contribution in [0.5, 0.6) is 0 Å². The van der Waals surface area contributed by atoms with Crippen LogP contribution in [0.1, 0.15) is 23.5 Å². The fourth-order valence-corrected chi connectivity index (χ4v) is 2.80. The van der Waals surface area contributed by atoms with E-state index >= 15 is 0 Å². The molecule has 0 radical (unpaired) electrons. The van der Waals surface area contributed by atoms with Gasteiger partial charge in [0, 0.05) is 11.8 Å². The lowest BCUT2D eigenvalue weighted by Gasteiger charge is -2.24. The van der Waals surface area contributed by atoms with Gasteiger partial charge < -0.3 is 20.3 Å². The van der Waals surface area contributed by atoms with E-state index in [0.29, 0.717) is 5.56 Å². The highest BCUT2D eigenvalue weighted by Gasteiger charge is 2.55. The highest BCUT2D eigenvalue weighted by molar-refractivity contribution is 6.03. The fourth-order valence-electron chi connectivity index (χ4n) is 2.80. The molecular weight excluding hydrogens is 345 g/mol. The van der Waals surface area contributed by atoms with Crippen molar-refractivity contribution in [2.75, 3.05) is 11.9 Å². The molecule has 1 aromatic carbocycles. The smallest absolute Gasteiger partial charge is 0.351 e. The Kier molecular flexibility index (Phi) is 4.86. The molecule has 1 fully saturated rings.